The molecule has 0 N–H and O–H groups in total. The number of para-hydroxylation sites is 1. The number of amides is 2. The fourth-order valence-corrected chi connectivity index (χ4v) is 4.59. The van der Waals surface area contributed by atoms with Crippen molar-refractivity contribution in [3.63, 3.8) is 0 Å². The molecule has 5 rings (SSSR count). The first-order valence-corrected chi connectivity index (χ1v) is 12.2. The molecule has 3 aromatic rings. The highest BCUT2D eigenvalue weighted by Crippen LogP contribution is 2.27. The van der Waals surface area contributed by atoms with Crippen LogP contribution < -0.4 is 9.64 Å². The largest absolute Gasteiger partial charge is 0.497 e. The predicted molar refractivity (Wildman–Crippen MR) is 134 cm³/mol. The zero-order valence-corrected chi connectivity index (χ0v) is 20.3. The normalized spacial score (nSPS) is 16.2. The van der Waals surface area contributed by atoms with Crippen LogP contribution in [0.5, 0.6) is 5.75 Å². The van der Waals surface area contributed by atoms with Crippen LogP contribution in [0.15, 0.2) is 65.2 Å². The van der Waals surface area contributed by atoms with Crippen LogP contribution in [0.4, 0.5) is 5.69 Å². The number of anilines is 1. The van der Waals surface area contributed by atoms with Crippen molar-refractivity contribution in [1.82, 2.24) is 19.9 Å². The number of ether oxygens (including phenoxy) is 1. The van der Waals surface area contributed by atoms with Crippen molar-refractivity contribution in [1.29, 1.82) is 0 Å². The average Bonchev–Trinajstić information content (AvgIpc) is 3.40. The van der Waals surface area contributed by atoms with Gasteiger partial charge in [-0.05, 0) is 48.7 Å². The first kappa shape index (κ1) is 23.7. The van der Waals surface area contributed by atoms with Crippen LogP contribution in [0.25, 0.3) is 11.4 Å². The Balaban J connectivity index is 1.11. The Bertz CT molecular complexity index is 1250. The van der Waals surface area contributed by atoms with E-state index >= 15 is 0 Å². The highest BCUT2D eigenvalue weighted by molar-refractivity contribution is 6.05. The fourth-order valence-electron chi connectivity index (χ4n) is 4.59. The van der Waals surface area contributed by atoms with E-state index in [9.17, 15) is 9.59 Å². The quantitative estimate of drug-likeness (QED) is 0.494. The van der Waals surface area contributed by atoms with Crippen molar-refractivity contribution in [3.05, 3.63) is 72.1 Å². The number of aryl methyl sites for hydroxylation is 1. The SMILES string of the molecule is COc1ccc(-c2noc(CN3CCN(C(=O)C=CC(=O)N4CCCc5ccccc54)CC3)n2)cc1. The topological polar surface area (TPSA) is 92.0 Å². The summed E-state index contributed by atoms with van der Waals surface area (Å²) in [5.74, 6) is 1.54. The van der Waals surface area contributed by atoms with E-state index in [0.29, 0.717) is 51.0 Å². The summed E-state index contributed by atoms with van der Waals surface area (Å²) in [7, 11) is 1.62. The number of carbonyl (C=O) groups excluding carboxylic acids is 2. The Labute approximate surface area is 209 Å². The summed E-state index contributed by atoms with van der Waals surface area (Å²) >= 11 is 0. The molecular formula is C27H29N5O4. The number of carbonyl (C=O) groups is 2. The van der Waals surface area contributed by atoms with Gasteiger partial charge in [0, 0.05) is 56.1 Å². The Hall–Kier alpha value is -3.98. The number of hydrogen-bond acceptors (Lipinski definition) is 7. The van der Waals surface area contributed by atoms with Crippen LogP contribution in [0.3, 0.4) is 0 Å². The van der Waals surface area contributed by atoms with Crippen LogP contribution in [0, 0.1) is 0 Å². The van der Waals surface area contributed by atoms with Gasteiger partial charge in [-0.25, -0.2) is 0 Å². The lowest BCUT2D eigenvalue weighted by Crippen LogP contribution is -2.48. The molecule has 1 saturated heterocycles. The summed E-state index contributed by atoms with van der Waals surface area (Å²) in [6, 6.07) is 15.4. The van der Waals surface area contributed by atoms with Gasteiger partial charge in [-0.3, -0.25) is 14.5 Å². The van der Waals surface area contributed by atoms with Crippen molar-refractivity contribution in [3.8, 4) is 17.1 Å². The van der Waals surface area contributed by atoms with Gasteiger partial charge >= 0.3 is 0 Å². The molecule has 186 valence electrons. The number of piperazine rings is 1. The molecule has 0 unspecified atom stereocenters. The molecule has 2 aromatic carbocycles. The smallest absolute Gasteiger partial charge is 0.251 e. The van der Waals surface area contributed by atoms with Crippen LogP contribution in [0.1, 0.15) is 17.9 Å². The van der Waals surface area contributed by atoms with Gasteiger partial charge in [0.1, 0.15) is 5.75 Å². The van der Waals surface area contributed by atoms with Gasteiger partial charge in [0.25, 0.3) is 5.91 Å². The summed E-state index contributed by atoms with van der Waals surface area (Å²) in [5.41, 5.74) is 2.97. The summed E-state index contributed by atoms with van der Waals surface area (Å²) in [6.45, 7) is 3.71. The van der Waals surface area contributed by atoms with Crippen molar-refractivity contribution in [2.45, 2.75) is 19.4 Å². The van der Waals surface area contributed by atoms with E-state index in [1.54, 1.807) is 16.9 Å². The summed E-state index contributed by atoms with van der Waals surface area (Å²) < 4.78 is 10.6. The minimum Gasteiger partial charge on any atom is -0.497 e. The third-order valence-electron chi connectivity index (χ3n) is 6.60. The number of fused-ring (bicyclic) bond motifs is 1. The van der Waals surface area contributed by atoms with Gasteiger partial charge in [0.2, 0.25) is 17.6 Å². The van der Waals surface area contributed by atoms with Crippen LogP contribution >= 0.6 is 0 Å². The van der Waals surface area contributed by atoms with Crippen molar-refractivity contribution in [2.24, 2.45) is 0 Å². The molecule has 0 radical (unpaired) electrons. The highest BCUT2D eigenvalue weighted by Gasteiger charge is 2.23. The maximum absolute atomic E-state index is 12.8. The van der Waals surface area contributed by atoms with Crippen LogP contribution in [0.2, 0.25) is 0 Å². The molecule has 0 bridgehead atoms. The molecule has 3 heterocycles. The van der Waals surface area contributed by atoms with Gasteiger partial charge in [-0.1, -0.05) is 23.4 Å². The number of methoxy groups -OCH3 is 1. The zero-order valence-electron chi connectivity index (χ0n) is 20.3. The lowest BCUT2D eigenvalue weighted by atomic mass is 10.0. The molecule has 0 aliphatic carbocycles. The molecule has 9 heteroatoms. The fraction of sp³-hybridized carbons (Fsp3) is 0.333. The van der Waals surface area contributed by atoms with Gasteiger partial charge < -0.3 is 19.1 Å². The summed E-state index contributed by atoms with van der Waals surface area (Å²) in [5, 5.41) is 4.08. The standard InChI is InChI=1S/C27H29N5O4/c1-35-22-10-8-21(9-11-22)27-28-24(36-29-27)19-30-15-17-31(18-16-30)25(33)12-13-26(34)32-14-4-6-20-5-2-3-7-23(20)32/h2-3,5,7-13H,4,6,14-19H2,1H3. The van der Waals surface area contributed by atoms with Crippen LogP contribution in [-0.2, 0) is 22.6 Å². The molecule has 0 saturated carbocycles. The molecule has 0 spiro atoms. The molecule has 2 amide bonds. The molecule has 1 aromatic heterocycles. The molecular weight excluding hydrogens is 458 g/mol. The van der Waals surface area contributed by atoms with Gasteiger partial charge in [0.15, 0.2) is 0 Å². The lowest BCUT2D eigenvalue weighted by Gasteiger charge is -2.33. The van der Waals surface area contributed by atoms with E-state index in [2.05, 4.69) is 21.1 Å². The maximum atomic E-state index is 12.8. The third kappa shape index (κ3) is 5.31. The average molecular weight is 488 g/mol. The Kier molecular flexibility index (Phi) is 7.08. The Morgan fingerprint density at radius 3 is 2.50 bits per heavy atom. The summed E-state index contributed by atoms with van der Waals surface area (Å²) in [6.07, 6.45) is 4.69. The second kappa shape index (κ2) is 10.7. The third-order valence-corrected chi connectivity index (χ3v) is 6.60. The molecule has 0 atom stereocenters. The molecule has 36 heavy (non-hydrogen) atoms. The van der Waals surface area contributed by atoms with E-state index in [4.69, 9.17) is 9.26 Å². The predicted octanol–water partition coefficient (Wildman–Crippen LogP) is 2.93. The monoisotopic (exact) mass is 487 g/mol. The summed E-state index contributed by atoms with van der Waals surface area (Å²) in [4.78, 5) is 35.7. The minimum atomic E-state index is -0.154. The molecule has 1 fully saturated rings. The molecule has 2 aliphatic heterocycles. The van der Waals surface area contributed by atoms with Crippen molar-refractivity contribution < 1.29 is 18.8 Å². The Morgan fingerprint density at radius 2 is 1.72 bits per heavy atom. The van der Waals surface area contributed by atoms with Crippen molar-refractivity contribution in [2.75, 3.05) is 44.7 Å². The van der Waals surface area contributed by atoms with Gasteiger partial charge in [0.05, 0.1) is 13.7 Å². The van der Waals surface area contributed by atoms with E-state index in [1.165, 1.54) is 17.7 Å². The maximum Gasteiger partial charge on any atom is 0.251 e. The minimum absolute atomic E-state index is 0.145. The van der Waals surface area contributed by atoms with Crippen LogP contribution in [-0.4, -0.2) is 71.6 Å². The number of benzene rings is 2. The number of aromatic nitrogens is 2. The number of rotatable bonds is 6. The zero-order chi connectivity index (χ0) is 24.9. The first-order chi connectivity index (χ1) is 17.6. The van der Waals surface area contributed by atoms with E-state index in [1.807, 2.05) is 42.5 Å². The Morgan fingerprint density at radius 1 is 0.972 bits per heavy atom. The van der Waals surface area contributed by atoms with E-state index < -0.39 is 0 Å². The van der Waals surface area contributed by atoms with Gasteiger partial charge in [-0.15, -0.1) is 0 Å². The second-order valence-corrected chi connectivity index (χ2v) is 8.90. The number of nitrogens with zero attached hydrogens (tertiary/aromatic N) is 5. The molecule has 2 aliphatic rings. The number of hydrogen-bond donors (Lipinski definition) is 0. The lowest BCUT2D eigenvalue weighted by molar-refractivity contribution is -0.128. The van der Waals surface area contributed by atoms with Crippen molar-refractivity contribution >= 4 is 17.5 Å². The van der Waals surface area contributed by atoms with Gasteiger partial charge in [-0.2, -0.15) is 4.98 Å². The van der Waals surface area contributed by atoms with E-state index in [-0.39, 0.29) is 11.8 Å². The first-order valence-electron chi connectivity index (χ1n) is 12.2. The second-order valence-electron chi connectivity index (χ2n) is 8.90. The highest BCUT2D eigenvalue weighted by atomic mass is 16.5. The van der Waals surface area contributed by atoms with E-state index in [0.717, 1.165) is 29.8 Å². The molecule has 9 nitrogen and oxygen atoms in total.